The first-order valence-corrected chi connectivity index (χ1v) is 6.28. The topological polar surface area (TPSA) is 37.6 Å². The SMILES string of the molecule is [CH2-][NH+]1CCc2c1ccnc2C1=CCN(C(C)=O)C1. The summed E-state index contributed by atoms with van der Waals surface area (Å²) in [7, 11) is 4.09. The first-order valence-electron chi connectivity index (χ1n) is 6.28. The lowest BCUT2D eigenvalue weighted by atomic mass is 10.0. The molecule has 0 bridgehead atoms. The Hall–Kier alpha value is -1.68. The maximum atomic E-state index is 11.4. The first kappa shape index (κ1) is 11.4. The number of amides is 1. The molecule has 4 heteroatoms. The number of nitrogens with one attached hydrogen (secondary N) is 1. The van der Waals surface area contributed by atoms with Crippen molar-refractivity contribution in [2.75, 3.05) is 19.6 Å². The van der Waals surface area contributed by atoms with Crippen LogP contribution in [-0.2, 0) is 11.2 Å². The second kappa shape index (κ2) is 4.21. The molecular weight excluding hydrogens is 226 g/mol. The minimum Gasteiger partial charge on any atom is -0.434 e. The van der Waals surface area contributed by atoms with Crippen molar-refractivity contribution < 1.29 is 9.69 Å². The molecule has 2 aliphatic heterocycles. The molecule has 2 aliphatic rings. The van der Waals surface area contributed by atoms with E-state index in [1.165, 1.54) is 21.7 Å². The van der Waals surface area contributed by atoms with Crippen LogP contribution in [0.25, 0.3) is 5.57 Å². The molecule has 94 valence electrons. The second-order valence-electron chi connectivity index (χ2n) is 4.92. The van der Waals surface area contributed by atoms with Crippen LogP contribution in [0, 0.1) is 7.05 Å². The van der Waals surface area contributed by atoms with Gasteiger partial charge in [0.25, 0.3) is 0 Å². The number of carbonyl (C=O) groups is 1. The van der Waals surface area contributed by atoms with E-state index in [0.29, 0.717) is 13.1 Å². The van der Waals surface area contributed by atoms with Gasteiger partial charge < -0.3 is 9.80 Å². The highest BCUT2D eigenvalue weighted by Gasteiger charge is 2.26. The Morgan fingerprint density at radius 2 is 2.39 bits per heavy atom. The third-order valence-electron chi connectivity index (χ3n) is 3.78. The van der Waals surface area contributed by atoms with Gasteiger partial charge in [-0.25, -0.2) is 0 Å². The van der Waals surface area contributed by atoms with Crippen LogP contribution in [-0.4, -0.2) is 35.4 Å². The minimum atomic E-state index is 0.123. The average molecular weight is 243 g/mol. The van der Waals surface area contributed by atoms with Gasteiger partial charge in [0, 0.05) is 44.3 Å². The molecule has 0 radical (unpaired) electrons. The fourth-order valence-corrected chi connectivity index (χ4v) is 2.73. The lowest BCUT2D eigenvalue weighted by Gasteiger charge is -2.15. The van der Waals surface area contributed by atoms with Crippen LogP contribution >= 0.6 is 0 Å². The minimum absolute atomic E-state index is 0.123. The average Bonchev–Trinajstić information content (AvgIpc) is 2.97. The van der Waals surface area contributed by atoms with Crippen LogP contribution < -0.4 is 4.90 Å². The molecule has 1 aromatic rings. The maximum Gasteiger partial charge on any atom is 0.220 e. The van der Waals surface area contributed by atoms with Crippen molar-refractivity contribution in [1.82, 2.24) is 9.88 Å². The van der Waals surface area contributed by atoms with Crippen molar-refractivity contribution in [2.24, 2.45) is 0 Å². The summed E-state index contributed by atoms with van der Waals surface area (Å²) in [6, 6.07) is 2.05. The number of hydrogen-bond donors (Lipinski definition) is 1. The van der Waals surface area contributed by atoms with Crippen LogP contribution in [0.15, 0.2) is 18.3 Å². The summed E-state index contributed by atoms with van der Waals surface area (Å²) >= 11 is 0. The number of quaternary nitrogens is 1. The van der Waals surface area contributed by atoms with Crippen molar-refractivity contribution in [3.05, 3.63) is 36.6 Å². The summed E-state index contributed by atoms with van der Waals surface area (Å²) in [4.78, 5) is 18.9. The number of fused-ring (bicyclic) bond motifs is 1. The summed E-state index contributed by atoms with van der Waals surface area (Å²) in [6.45, 7) is 4.03. The predicted octanol–water partition coefficient (Wildman–Crippen LogP) is 0.191. The molecule has 3 heterocycles. The van der Waals surface area contributed by atoms with Gasteiger partial charge in [-0.3, -0.25) is 9.78 Å². The zero-order valence-corrected chi connectivity index (χ0v) is 10.6. The van der Waals surface area contributed by atoms with Gasteiger partial charge in [0.15, 0.2) is 0 Å². The fourth-order valence-electron chi connectivity index (χ4n) is 2.73. The molecule has 3 rings (SSSR count). The van der Waals surface area contributed by atoms with E-state index >= 15 is 0 Å². The zero-order chi connectivity index (χ0) is 12.7. The van der Waals surface area contributed by atoms with Crippen molar-refractivity contribution >= 4 is 17.2 Å². The van der Waals surface area contributed by atoms with Crippen molar-refractivity contribution in [3.63, 3.8) is 0 Å². The third-order valence-corrected chi connectivity index (χ3v) is 3.78. The summed E-state index contributed by atoms with van der Waals surface area (Å²) in [5.74, 6) is 0.123. The number of aromatic nitrogens is 1. The number of hydrogen-bond acceptors (Lipinski definition) is 2. The van der Waals surface area contributed by atoms with E-state index in [1.807, 2.05) is 17.2 Å². The normalized spacial score (nSPS) is 22.0. The van der Waals surface area contributed by atoms with Gasteiger partial charge in [-0.1, -0.05) is 6.08 Å². The standard InChI is InChI=1S/C14H17N3O/c1-10(18)17-8-4-11(9-17)14-12-5-7-16(2)13(12)3-6-15-14/h3-4,6,16H,2,5,7-9H2,1H3. The zero-order valence-electron chi connectivity index (χ0n) is 10.6. The molecule has 0 aromatic carbocycles. The summed E-state index contributed by atoms with van der Waals surface area (Å²) < 4.78 is 0. The van der Waals surface area contributed by atoms with Crippen molar-refractivity contribution in [2.45, 2.75) is 13.3 Å². The molecule has 1 unspecified atom stereocenters. The molecule has 0 aliphatic carbocycles. The smallest absolute Gasteiger partial charge is 0.220 e. The van der Waals surface area contributed by atoms with Crippen LogP contribution in [0.3, 0.4) is 0 Å². The quantitative estimate of drug-likeness (QED) is 0.715. The highest BCUT2D eigenvalue weighted by Crippen LogP contribution is 2.27. The number of pyridine rings is 1. The van der Waals surface area contributed by atoms with Gasteiger partial charge >= 0.3 is 0 Å². The van der Waals surface area contributed by atoms with Crippen molar-refractivity contribution in [3.8, 4) is 0 Å². The van der Waals surface area contributed by atoms with Gasteiger partial charge in [0.05, 0.1) is 12.2 Å². The van der Waals surface area contributed by atoms with E-state index in [4.69, 9.17) is 0 Å². The molecule has 0 fully saturated rings. The van der Waals surface area contributed by atoms with E-state index in [2.05, 4.69) is 18.1 Å². The van der Waals surface area contributed by atoms with Crippen LogP contribution in [0.5, 0.6) is 0 Å². The van der Waals surface area contributed by atoms with Crippen molar-refractivity contribution in [1.29, 1.82) is 0 Å². The Morgan fingerprint density at radius 3 is 3.11 bits per heavy atom. The summed E-state index contributed by atoms with van der Waals surface area (Å²) in [5, 5.41) is 0. The maximum absolute atomic E-state index is 11.4. The highest BCUT2D eigenvalue weighted by atomic mass is 16.2. The van der Waals surface area contributed by atoms with Crippen LogP contribution in [0.4, 0.5) is 5.69 Å². The molecule has 1 amide bonds. The van der Waals surface area contributed by atoms with Crippen LogP contribution in [0.2, 0.25) is 0 Å². The Labute approximate surface area is 107 Å². The Bertz CT molecular complexity index is 536. The van der Waals surface area contributed by atoms with E-state index in [1.54, 1.807) is 6.92 Å². The lowest BCUT2D eigenvalue weighted by Crippen LogP contribution is -3.00. The summed E-state index contributed by atoms with van der Waals surface area (Å²) in [5.41, 5.74) is 4.80. The fraction of sp³-hybridized carbons (Fsp3) is 0.357. The molecule has 0 saturated heterocycles. The second-order valence-corrected chi connectivity index (χ2v) is 4.92. The van der Waals surface area contributed by atoms with E-state index in [-0.39, 0.29) is 5.91 Å². The van der Waals surface area contributed by atoms with Gasteiger partial charge in [0.1, 0.15) is 5.69 Å². The van der Waals surface area contributed by atoms with E-state index in [0.717, 1.165) is 18.7 Å². The molecule has 4 nitrogen and oxygen atoms in total. The molecule has 1 atom stereocenters. The Kier molecular flexibility index (Phi) is 2.67. The molecule has 1 N–H and O–H groups in total. The number of nitrogens with zero attached hydrogens (tertiary/aromatic N) is 2. The van der Waals surface area contributed by atoms with Crippen LogP contribution in [0.1, 0.15) is 18.2 Å². The van der Waals surface area contributed by atoms with Gasteiger partial charge in [-0.2, -0.15) is 0 Å². The number of rotatable bonds is 1. The van der Waals surface area contributed by atoms with E-state index in [9.17, 15) is 4.79 Å². The molecular formula is C14H17N3O. The molecule has 18 heavy (non-hydrogen) atoms. The lowest BCUT2D eigenvalue weighted by molar-refractivity contribution is -0.775. The Morgan fingerprint density at radius 1 is 1.56 bits per heavy atom. The molecule has 0 spiro atoms. The van der Waals surface area contributed by atoms with Gasteiger partial charge in [-0.15, -0.1) is 7.05 Å². The molecule has 0 saturated carbocycles. The third kappa shape index (κ3) is 1.73. The highest BCUT2D eigenvalue weighted by molar-refractivity contribution is 5.80. The van der Waals surface area contributed by atoms with E-state index < -0.39 is 0 Å². The van der Waals surface area contributed by atoms with Gasteiger partial charge in [0.2, 0.25) is 5.91 Å². The predicted molar refractivity (Wildman–Crippen MR) is 69.0 cm³/mol. The first-order chi connectivity index (χ1) is 8.66. The monoisotopic (exact) mass is 243 g/mol. The number of carbonyl (C=O) groups excluding carboxylic acids is 1. The molecule has 1 aromatic heterocycles. The van der Waals surface area contributed by atoms with Gasteiger partial charge in [-0.05, 0) is 5.57 Å². The summed E-state index contributed by atoms with van der Waals surface area (Å²) in [6.07, 6.45) is 4.99. The largest absolute Gasteiger partial charge is 0.434 e. The Balaban J connectivity index is 1.93.